The van der Waals surface area contributed by atoms with Gasteiger partial charge in [0.1, 0.15) is 6.04 Å². The number of aliphatic carboxylic acids is 1. The molecule has 3 fully saturated rings. The molecule has 1 aromatic heterocycles. The lowest BCUT2D eigenvalue weighted by atomic mass is 9.72. The molecule has 3 aliphatic rings. The van der Waals surface area contributed by atoms with Gasteiger partial charge in [0.25, 0.3) is 0 Å². The molecule has 7 atom stereocenters. The number of ether oxygens (including phenoxy) is 2. The Morgan fingerprint density at radius 2 is 1.89 bits per heavy atom. The largest absolute Gasteiger partial charge is 0.481 e. The zero-order chi connectivity index (χ0) is 32.1. The number of carboxylic acids is 1. The van der Waals surface area contributed by atoms with Crippen molar-refractivity contribution in [1.29, 1.82) is 0 Å². The van der Waals surface area contributed by atoms with Gasteiger partial charge in [0.15, 0.2) is 0 Å². The fraction of sp³-hybridized carbons (Fsp3) is 0.606. The third-order valence-corrected chi connectivity index (χ3v) is 9.51. The van der Waals surface area contributed by atoms with Gasteiger partial charge in [-0.25, -0.2) is 9.78 Å². The maximum atomic E-state index is 14.6. The van der Waals surface area contributed by atoms with Gasteiger partial charge < -0.3 is 24.8 Å². The second kappa shape index (κ2) is 12.0. The predicted octanol–water partition coefficient (Wildman–Crippen LogP) is 5.96. The van der Waals surface area contributed by atoms with E-state index in [1.807, 2.05) is 58.9 Å². The zero-order valence-electron chi connectivity index (χ0n) is 26.0. The van der Waals surface area contributed by atoms with Crippen LogP contribution in [0.5, 0.6) is 5.88 Å². The monoisotopic (exact) mass is 617 g/mol. The topological polar surface area (TPSA) is 101 Å². The molecule has 0 spiro atoms. The Labute approximate surface area is 256 Å². The molecule has 5 rings (SSSR count). The summed E-state index contributed by atoms with van der Waals surface area (Å²) in [5.74, 6) is -2.30. The lowest BCUT2D eigenvalue weighted by Crippen LogP contribution is -2.50. The van der Waals surface area contributed by atoms with E-state index in [4.69, 9.17) is 9.47 Å². The molecule has 2 N–H and O–H groups in total. The Bertz CT molecular complexity index is 1390. The Morgan fingerprint density at radius 1 is 1.18 bits per heavy atom. The molecule has 44 heavy (non-hydrogen) atoms. The minimum absolute atomic E-state index is 0.00515. The number of pyridine rings is 1. The van der Waals surface area contributed by atoms with Gasteiger partial charge >= 0.3 is 12.1 Å². The number of rotatable bonds is 8. The lowest BCUT2D eigenvalue weighted by molar-refractivity contribution is -0.154. The van der Waals surface area contributed by atoms with Gasteiger partial charge in [0.2, 0.25) is 11.8 Å². The number of carbonyl (C=O) groups is 2. The summed E-state index contributed by atoms with van der Waals surface area (Å²) < 4.78 is 52.3. The van der Waals surface area contributed by atoms with Gasteiger partial charge in [0, 0.05) is 30.3 Å². The number of carboxylic acid groups (broad SMARTS) is 1. The molecule has 3 saturated heterocycles. The molecule has 4 heterocycles. The van der Waals surface area contributed by atoms with E-state index in [0.29, 0.717) is 6.42 Å². The number of nitrogens with one attached hydrogen (secondary N) is 1. The fourth-order valence-corrected chi connectivity index (χ4v) is 7.64. The van der Waals surface area contributed by atoms with Crippen LogP contribution in [-0.2, 0) is 27.0 Å². The summed E-state index contributed by atoms with van der Waals surface area (Å²) in [5, 5.41) is 14.2. The van der Waals surface area contributed by atoms with Crippen LogP contribution in [0.3, 0.4) is 0 Å². The van der Waals surface area contributed by atoms with Gasteiger partial charge in [-0.2, -0.15) is 13.2 Å². The number of amides is 1. The molecule has 3 aliphatic heterocycles. The average Bonchev–Trinajstić information content (AvgIpc) is 3.68. The maximum Gasteiger partial charge on any atom is 0.417 e. The zero-order valence-corrected chi connectivity index (χ0v) is 26.0. The standard InChI is InChI=1S/C33H42F3N3O5/c1-17(2)21-9-7-8-10-22(21)27-26(37-15-18-13-19(33(34,35)36)16-38-29(18)43-6)25(32(3,4)5)28(31(41)42)39(27)30(40)23-14-20-11-12-24(23)44-20/h7-10,13,16-17,20,23-28,37H,11-12,14-15H2,1-6H3,(H,41,42)/t20-,23-,24+,25-,26-,27-,28-/m0/s1. The highest BCUT2D eigenvalue weighted by Crippen LogP contribution is 2.51. The SMILES string of the molecule is COc1ncc(C(F)(F)F)cc1CN[C@H]1[C@H](C(C)(C)C)[C@@H](C(=O)O)N(C(=O)[C@H]2C[C@@H]3CC[C@H]2O3)[C@H]1c1ccccc1C(C)C. The van der Waals surface area contributed by atoms with E-state index < -0.39 is 53.1 Å². The number of fused-ring (bicyclic) bond motifs is 2. The third kappa shape index (κ3) is 5.92. The van der Waals surface area contributed by atoms with Crippen LogP contribution in [0.2, 0.25) is 0 Å². The Morgan fingerprint density at radius 3 is 2.43 bits per heavy atom. The smallest absolute Gasteiger partial charge is 0.417 e. The lowest BCUT2D eigenvalue weighted by Gasteiger charge is -2.35. The van der Waals surface area contributed by atoms with Crippen molar-refractivity contribution in [2.75, 3.05) is 7.11 Å². The van der Waals surface area contributed by atoms with Crippen molar-refractivity contribution in [3.8, 4) is 5.88 Å². The highest BCUT2D eigenvalue weighted by molar-refractivity contribution is 5.87. The number of likely N-dealkylation sites (tertiary alicyclic amines) is 1. The van der Waals surface area contributed by atoms with Crippen molar-refractivity contribution in [3.05, 3.63) is 58.8 Å². The summed E-state index contributed by atoms with van der Waals surface area (Å²) in [6, 6.07) is 6.21. The van der Waals surface area contributed by atoms with Crippen LogP contribution in [0.25, 0.3) is 0 Å². The number of carbonyl (C=O) groups excluding carboxylic acids is 1. The number of alkyl halides is 3. The van der Waals surface area contributed by atoms with E-state index in [0.717, 1.165) is 36.2 Å². The van der Waals surface area contributed by atoms with Crippen molar-refractivity contribution in [3.63, 3.8) is 0 Å². The van der Waals surface area contributed by atoms with Gasteiger partial charge in [-0.15, -0.1) is 0 Å². The van der Waals surface area contributed by atoms with Crippen LogP contribution in [0, 0.1) is 17.3 Å². The molecule has 240 valence electrons. The minimum atomic E-state index is -4.60. The summed E-state index contributed by atoms with van der Waals surface area (Å²) in [6.45, 7) is 9.82. The Hall–Kier alpha value is -3.18. The molecule has 2 bridgehead atoms. The third-order valence-electron chi connectivity index (χ3n) is 9.51. The van der Waals surface area contributed by atoms with Crippen LogP contribution in [-0.4, -0.2) is 58.3 Å². The number of nitrogens with zero attached hydrogens (tertiary/aromatic N) is 2. The van der Waals surface area contributed by atoms with Crippen LogP contribution in [0.1, 0.15) is 88.1 Å². The second-order valence-corrected chi connectivity index (χ2v) is 13.7. The second-order valence-electron chi connectivity index (χ2n) is 13.7. The van der Waals surface area contributed by atoms with Crippen molar-refractivity contribution in [2.45, 2.75) is 103 Å². The molecular formula is C33H42F3N3O5. The number of aromatic nitrogens is 1. The predicted molar refractivity (Wildman–Crippen MR) is 157 cm³/mol. The first-order valence-electron chi connectivity index (χ1n) is 15.3. The highest BCUT2D eigenvalue weighted by Gasteiger charge is 2.60. The number of hydrogen-bond donors (Lipinski definition) is 2. The first-order chi connectivity index (χ1) is 20.6. The van der Waals surface area contributed by atoms with Crippen LogP contribution in [0.15, 0.2) is 36.5 Å². The Balaban J connectivity index is 1.65. The fourth-order valence-electron chi connectivity index (χ4n) is 7.64. The minimum Gasteiger partial charge on any atom is -0.481 e. The van der Waals surface area contributed by atoms with E-state index in [9.17, 15) is 27.9 Å². The molecule has 1 amide bonds. The van der Waals surface area contributed by atoms with Gasteiger partial charge in [-0.05, 0) is 47.8 Å². The van der Waals surface area contributed by atoms with E-state index >= 15 is 0 Å². The molecule has 11 heteroatoms. The van der Waals surface area contributed by atoms with Crippen molar-refractivity contribution < 1.29 is 37.3 Å². The first kappa shape index (κ1) is 32.2. The van der Waals surface area contributed by atoms with Crippen molar-refractivity contribution in [2.24, 2.45) is 17.3 Å². The molecule has 2 aromatic rings. The van der Waals surface area contributed by atoms with Crippen LogP contribution < -0.4 is 10.1 Å². The summed E-state index contributed by atoms with van der Waals surface area (Å²) in [5.41, 5.74) is 0.464. The van der Waals surface area contributed by atoms with Crippen LogP contribution >= 0.6 is 0 Å². The van der Waals surface area contributed by atoms with Gasteiger partial charge in [0.05, 0.1) is 36.8 Å². The highest BCUT2D eigenvalue weighted by atomic mass is 19.4. The number of halogens is 3. The van der Waals surface area contributed by atoms with Gasteiger partial charge in [-0.3, -0.25) is 4.79 Å². The molecule has 0 aliphatic carbocycles. The first-order valence-corrected chi connectivity index (χ1v) is 15.3. The normalized spacial score (nSPS) is 28.6. The Kier molecular flexibility index (Phi) is 8.76. The molecule has 8 nitrogen and oxygen atoms in total. The van der Waals surface area contributed by atoms with Crippen LogP contribution in [0.4, 0.5) is 13.2 Å². The molecule has 0 saturated carbocycles. The van der Waals surface area contributed by atoms with E-state index in [2.05, 4.69) is 10.3 Å². The number of methoxy groups -OCH3 is 1. The average molecular weight is 618 g/mol. The van der Waals surface area contributed by atoms with Crippen molar-refractivity contribution in [1.82, 2.24) is 15.2 Å². The van der Waals surface area contributed by atoms with E-state index in [-0.39, 0.29) is 42.0 Å². The quantitative estimate of drug-likeness (QED) is 0.377. The summed E-state index contributed by atoms with van der Waals surface area (Å²) >= 11 is 0. The molecule has 0 unspecified atom stereocenters. The summed E-state index contributed by atoms with van der Waals surface area (Å²) in [7, 11) is 1.34. The molecular weight excluding hydrogens is 575 g/mol. The van der Waals surface area contributed by atoms with E-state index in [1.54, 1.807) is 4.90 Å². The summed E-state index contributed by atoms with van der Waals surface area (Å²) in [6.07, 6.45) is -1.93. The number of benzene rings is 1. The maximum absolute atomic E-state index is 14.6. The molecule has 1 aromatic carbocycles. The van der Waals surface area contributed by atoms with Crippen molar-refractivity contribution >= 4 is 11.9 Å². The number of hydrogen-bond acceptors (Lipinski definition) is 6. The molecule has 0 radical (unpaired) electrons. The van der Waals surface area contributed by atoms with E-state index in [1.165, 1.54) is 7.11 Å². The summed E-state index contributed by atoms with van der Waals surface area (Å²) in [4.78, 5) is 33.2. The van der Waals surface area contributed by atoms with Gasteiger partial charge in [-0.1, -0.05) is 58.9 Å².